The molecule has 0 unspecified atom stereocenters. The first kappa shape index (κ1) is 17.5. The average Bonchev–Trinajstić information content (AvgIpc) is 2.49. The highest BCUT2D eigenvalue weighted by Crippen LogP contribution is 2.25. The zero-order valence-electron chi connectivity index (χ0n) is 12.2. The molecule has 0 aromatic heterocycles. The smallest absolute Gasteiger partial charge is 0.238 e. The number of hydrogen-bond donors (Lipinski definition) is 2. The standard InChI is InChI=1S/C15H15BrN2O4S/c1-22-11-4-2-10(3-5-11)8-15(19)18-14-7-6-12(9-13(14)16)23(17,20)21/h2-7,9H,8H2,1H3,(H,18,19)(H2,17,20,21). The monoisotopic (exact) mass is 398 g/mol. The maximum Gasteiger partial charge on any atom is 0.238 e. The Morgan fingerprint density at radius 1 is 1.22 bits per heavy atom. The highest BCUT2D eigenvalue weighted by Gasteiger charge is 2.12. The van der Waals surface area contributed by atoms with E-state index in [0.29, 0.717) is 10.2 Å². The molecule has 0 saturated heterocycles. The highest BCUT2D eigenvalue weighted by molar-refractivity contribution is 9.10. The molecular weight excluding hydrogens is 384 g/mol. The number of anilines is 1. The second kappa shape index (κ2) is 7.12. The molecule has 0 heterocycles. The van der Waals surface area contributed by atoms with Crippen molar-refractivity contribution in [3.8, 4) is 5.75 Å². The molecule has 2 rings (SSSR count). The quantitative estimate of drug-likeness (QED) is 0.806. The SMILES string of the molecule is COc1ccc(CC(=O)Nc2ccc(S(N)(=O)=O)cc2Br)cc1. The summed E-state index contributed by atoms with van der Waals surface area (Å²) in [6.45, 7) is 0. The number of ether oxygens (including phenoxy) is 1. The molecule has 2 aromatic carbocycles. The number of sulfonamides is 1. The van der Waals surface area contributed by atoms with Crippen LogP contribution in [0.4, 0.5) is 5.69 Å². The van der Waals surface area contributed by atoms with Crippen LogP contribution in [0.2, 0.25) is 0 Å². The third-order valence-corrected chi connectivity index (χ3v) is 4.63. The molecule has 6 nitrogen and oxygen atoms in total. The topological polar surface area (TPSA) is 98.5 Å². The summed E-state index contributed by atoms with van der Waals surface area (Å²) in [5.41, 5.74) is 1.30. The van der Waals surface area contributed by atoms with Crippen molar-refractivity contribution in [2.24, 2.45) is 5.14 Å². The molecule has 23 heavy (non-hydrogen) atoms. The van der Waals surface area contributed by atoms with Crippen LogP contribution in [-0.2, 0) is 21.2 Å². The minimum absolute atomic E-state index is 0.0301. The summed E-state index contributed by atoms with van der Waals surface area (Å²) in [7, 11) is -2.21. The Kier molecular flexibility index (Phi) is 5.40. The lowest BCUT2D eigenvalue weighted by Gasteiger charge is -2.09. The van der Waals surface area contributed by atoms with Crippen molar-refractivity contribution in [1.82, 2.24) is 0 Å². The van der Waals surface area contributed by atoms with Gasteiger partial charge in [0.1, 0.15) is 5.75 Å². The van der Waals surface area contributed by atoms with E-state index in [1.54, 1.807) is 31.4 Å². The van der Waals surface area contributed by atoms with Gasteiger partial charge in [0.25, 0.3) is 0 Å². The first-order valence-electron chi connectivity index (χ1n) is 6.55. The van der Waals surface area contributed by atoms with Gasteiger partial charge in [-0.3, -0.25) is 4.79 Å². The van der Waals surface area contributed by atoms with Crippen LogP contribution in [0, 0.1) is 0 Å². The summed E-state index contributed by atoms with van der Waals surface area (Å²) >= 11 is 3.22. The van der Waals surface area contributed by atoms with Crippen molar-refractivity contribution in [3.63, 3.8) is 0 Å². The summed E-state index contributed by atoms with van der Waals surface area (Å²) in [5, 5.41) is 7.77. The molecule has 3 N–H and O–H groups in total. The number of amides is 1. The summed E-state index contributed by atoms with van der Waals surface area (Å²) < 4.78 is 28.0. The lowest BCUT2D eigenvalue weighted by molar-refractivity contribution is -0.115. The Morgan fingerprint density at radius 3 is 2.39 bits per heavy atom. The predicted molar refractivity (Wildman–Crippen MR) is 90.8 cm³/mol. The van der Waals surface area contributed by atoms with E-state index < -0.39 is 10.0 Å². The van der Waals surface area contributed by atoms with Gasteiger partial charge in [0.05, 0.1) is 24.1 Å². The van der Waals surface area contributed by atoms with Crippen LogP contribution in [0.5, 0.6) is 5.75 Å². The molecule has 0 aliphatic heterocycles. The zero-order chi connectivity index (χ0) is 17.0. The number of nitrogens with two attached hydrogens (primary N) is 1. The Hall–Kier alpha value is -1.90. The van der Waals surface area contributed by atoms with Gasteiger partial charge in [0, 0.05) is 4.47 Å². The Labute approximate surface area is 142 Å². The minimum Gasteiger partial charge on any atom is -0.497 e. The lowest BCUT2D eigenvalue weighted by atomic mass is 10.1. The van der Waals surface area contributed by atoms with Crippen LogP contribution in [0.3, 0.4) is 0 Å². The molecule has 0 fully saturated rings. The maximum absolute atomic E-state index is 12.1. The summed E-state index contributed by atoms with van der Waals surface area (Å²) in [4.78, 5) is 12.0. The van der Waals surface area contributed by atoms with Gasteiger partial charge in [-0.2, -0.15) is 0 Å². The molecule has 0 bridgehead atoms. The van der Waals surface area contributed by atoms with Crippen LogP contribution >= 0.6 is 15.9 Å². The normalized spacial score (nSPS) is 11.1. The van der Waals surface area contributed by atoms with E-state index in [0.717, 1.165) is 11.3 Å². The van der Waals surface area contributed by atoms with Crippen molar-refractivity contribution in [2.45, 2.75) is 11.3 Å². The van der Waals surface area contributed by atoms with Gasteiger partial charge in [0.15, 0.2) is 0 Å². The van der Waals surface area contributed by atoms with Crippen LogP contribution in [-0.4, -0.2) is 21.4 Å². The molecule has 0 spiro atoms. The summed E-state index contributed by atoms with van der Waals surface area (Å²) in [6.07, 6.45) is 0.188. The largest absolute Gasteiger partial charge is 0.497 e. The van der Waals surface area contributed by atoms with Crippen molar-refractivity contribution >= 4 is 37.5 Å². The predicted octanol–water partition coefficient (Wildman–Crippen LogP) is 2.29. The second-order valence-corrected chi connectivity index (χ2v) is 7.18. The van der Waals surface area contributed by atoms with Gasteiger partial charge in [-0.25, -0.2) is 13.6 Å². The van der Waals surface area contributed by atoms with Crippen LogP contribution in [0.25, 0.3) is 0 Å². The van der Waals surface area contributed by atoms with Crippen molar-refractivity contribution in [3.05, 3.63) is 52.5 Å². The number of carbonyl (C=O) groups is 1. The molecule has 0 aliphatic rings. The molecule has 0 atom stereocenters. The fourth-order valence-electron chi connectivity index (χ4n) is 1.90. The molecule has 2 aromatic rings. The molecule has 8 heteroatoms. The van der Waals surface area contributed by atoms with Gasteiger partial charge in [-0.1, -0.05) is 12.1 Å². The third kappa shape index (κ3) is 4.78. The fraction of sp³-hybridized carbons (Fsp3) is 0.133. The number of methoxy groups -OCH3 is 1. The van der Waals surface area contributed by atoms with E-state index in [2.05, 4.69) is 21.2 Å². The number of hydrogen-bond acceptors (Lipinski definition) is 4. The fourth-order valence-corrected chi connectivity index (χ4v) is 3.07. The summed E-state index contributed by atoms with van der Waals surface area (Å²) in [6, 6.07) is 11.3. The van der Waals surface area contributed by atoms with Gasteiger partial charge in [-0.05, 0) is 51.8 Å². The molecule has 0 radical (unpaired) electrons. The Balaban J connectivity index is 2.07. The number of rotatable bonds is 5. The first-order chi connectivity index (χ1) is 10.8. The molecule has 0 aliphatic carbocycles. The second-order valence-electron chi connectivity index (χ2n) is 4.76. The number of benzene rings is 2. The lowest BCUT2D eigenvalue weighted by Crippen LogP contribution is -2.16. The van der Waals surface area contributed by atoms with E-state index in [9.17, 15) is 13.2 Å². The van der Waals surface area contributed by atoms with Crippen molar-refractivity contribution in [2.75, 3.05) is 12.4 Å². The van der Waals surface area contributed by atoms with Crippen LogP contribution in [0.15, 0.2) is 51.8 Å². The average molecular weight is 399 g/mol. The number of carbonyl (C=O) groups excluding carboxylic acids is 1. The number of nitrogens with one attached hydrogen (secondary N) is 1. The van der Waals surface area contributed by atoms with Crippen molar-refractivity contribution in [1.29, 1.82) is 0 Å². The Bertz CT molecular complexity index is 820. The van der Waals surface area contributed by atoms with Gasteiger partial charge >= 0.3 is 0 Å². The van der Waals surface area contributed by atoms with E-state index in [1.165, 1.54) is 18.2 Å². The molecular formula is C15H15BrN2O4S. The van der Waals surface area contributed by atoms with E-state index in [1.807, 2.05) is 0 Å². The number of halogens is 1. The van der Waals surface area contributed by atoms with Crippen LogP contribution < -0.4 is 15.2 Å². The molecule has 122 valence electrons. The van der Waals surface area contributed by atoms with E-state index in [4.69, 9.17) is 9.88 Å². The van der Waals surface area contributed by atoms with Gasteiger partial charge in [0.2, 0.25) is 15.9 Å². The van der Waals surface area contributed by atoms with Gasteiger partial charge in [-0.15, -0.1) is 0 Å². The third-order valence-electron chi connectivity index (χ3n) is 3.07. The van der Waals surface area contributed by atoms with Gasteiger partial charge < -0.3 is 10.1 Å². The van der Waals surface area contributed by atoms with Crippen LogP contribution in [0.1, 0.15) is 5.56 Å². The maximum atomic E-state index is 12.1. The summed E-state index contributed by atoms with van der Waals surface area (Å²) in [5.74, 6) is 0.495. The Morgan fingerprint density at radius 2 is 1.87 bits per heavy atom. The molecule has 1 amide bonds. The minimum atomic E-state index is -3.78. The van der Waals surface area contributed by atoms with E-state index in [-0.39, 0.29) is 17.2 Å². The number of primary sulfonamides is 1. The van der Waals surface area contributed by atoms with E-state index >= 15 is 0 Å². The zero-order valence-corrected chi connectivity index (χ0v) is 14.6. The molecule has 0 saturated carbocycles. The van der Waals surface area contributed by atoms with Crippen molar-refractivity contribution < 1.29 is 17.9 Å². The first-order valence-corrected chi connectivity index (χ1v) is 8.88. The highest BCUT2D eigenvalue weighted by atomic mass is 79.9.